The number of carbonyl (C=O) groups is 4. The number of aliphatic hydroxyl groups excluding tert-OH is 2. The van der Waals surface area contributed by atoms with E-state index in [0.29, 0.717) is 11.3 Å². The van der Waals surface area contributed by atoms with Crippen molar-refractivity contribution in [1.82, 2.24) is 4.90 Å². The molecule has 5 rings (SSSR count). The number of anilines is 2. The van der Waals surface area contributed by atoms with Crippen LogP contribution >= 0.6 is 0 Å². The average Bonchev–Trinajstić information content (AvgIpc) is 2.92. The number of carbonyl (C=O) groups excluding carboxylic acids is 4. The van der Waals surface area contributed by atoms with Crippen molar-refractivity contribution in [2.45, 2.75) is 24.5 Å². The molecule has 2 aromatic rings. The Labute approximate surface area is 246 Å². The van der Waals surface area contributed by atoms with Crippen LogP contribution in [0.25, 0.3) is 0 Å². The van der Waals surface area contributed by atoms with Gasteiger partial charge in [-0.05, 0) is 56.6 Å². The summed E-state index contributed by atoms with van der Waals surface area (Å²) >= 11 is 0. The van der Waals surface area contributed by atoms with E-state index in [1.807, 2.05) is 0 Å². The number of phenols is 1. The zero-order valence-electron chi connectivity index (χ0n) is 23.9. The van der Waals surface area contributed by atoms with Crippen molar-refractivity contribution in [2.24, 2.45) is 17.6 Å². The first-order valence-corrected chi connectivity index (χ1v) is 13.4. The highest BCUT2D eigenvalue weighted by Crippen LogP contribution is 2.53. The largest absolute Gasteiger partial charge is 0.510 e. The third-order valence-corrected chi connectivity index (χ3v) is 8.37. The second kappa shape index (κ2) is 10.4. The van der Waals surface area contributed by atoms with Gasteiger partial charge in [-0.3, -0.25) is 24.6 Å². The van der Waals surface area contributed by atoms with Crippen LogP contribution in [0, 0.1) is 11.8 Å². The molecular formula is C30H32N4O9. The Morgan fingerprint density at radius 1 is 1.07 bits per heavy atom. The zero-order chi connectivity index (χ0) is 31.5. The third kappa shape index (κ3) is 4.48. The van der Waals surface area contributed by atoms with Gasteiger partial charge in [-0.15, -0.1) is 0 Å². The number of hydrogen-bond donors (Lipinski definition) is 6. The number of nitrogens with zero attached hydrogens (tertiary/aromatic N) is 2. The van der Waals surface area contributed by atoms with Gasteiger partial charge < -0.3 is 35.8 Å². The number of primary amides is 1. The lowest BCUT2D eigenvalue weighted by Crippen LogP contribution is -2.63. The molecule has 226 valence electrons. The Balaban J connectivity index is 1.63. The predicted octanol–water partition coefficient (Wildman–Crippen LogP) is 1.80. The number of Topliss-reactive ketones (excluding diaryl/α,β-unsaturated/α-hetero) is 2. The summed E-state index contributed by atoms with van der Waals surface area (Å²) in [5.41, 5.74) is 1.97. The Morgan fingerprint density at radius 3 is 2.30 bits per heavy atom. The second-order valence-electron chi connectivity index (χ2n) is 11.3. The molecule has 3 aliphatic rings. The van der Waals surface area contributed by atoms with Crippen molar-refractivity contribution >= 4 is 34.9 Å². The molecule has 2 aromatic carbocycles. The number of rotatable bonds is 5. The number of aromatic hydroxyl groups is 1. The molecule has 0 heterocycles. The van der Waals surface area contributed by atoms with Gasteiger partial charge in [-0.1, -0.05) is 18.2 Å². The molecule has 3 aliphatic carbocycles. The molecule has 0 radical (unpaired) electrons. The van der Waals surface area contributed by atoms with Gasteiger partial charge in [0.1, 0.15) is 22.8 Å². The van der Waals surface area contributed by atoms with E-state index in [0.717, 1.165) is 0 Å². The number of benzene rings is 2. The summed E-state index contributed by atoms with van der Waals surface area (Å²) in [6, 6.07) is 8.60. The summed E-state index contributed by atoms with van der Waals surface area (Å²) in [5, 5.41) is 47.9. The SMILES string of the molecule is CN(C)c1cc(NC(=O)Oc2ccccc2)c(O)c2c1C[C@H]1C[C@H]3[C@H](N(C)C)C(O)=C(C(N)=O)C(=O)[C@@]3(O)C(O)=C1C2=O. The standard InChI is InChI=1S/C30H32N4O9/c1-33(2)18-12-17(32-29(41)43-14-8-6-5-7-9-14)23(35)20-15(18)10-13-11-16-22(34(3)4)25(37)21(28(31)40)27(39)30(16,42)26(38)19(13)24(20)36/h5-9,12-13,16,22,35,37-38,42H,10-11H2,1-4H3,(H2,31,40)(H,32,41)/t13-,16-,22-,30-/m0/s1. The zero-order valence-corrected chi connectivity index (χ0v) is 23.9. The number of aliphatic hydroxyl groups is 3. The van der Waals surface area contributed by atoms with Crippen LogP contribution in [-0.4, -0.2) is 88.7 Å². The predicted molar refractivity (Wildman–Crippen MR) is 154 cm³/mol. The van der Waals surface area contributed by atoms with E-state index >= 15 is 0 Å². The van der Waals surface area contributed by atoms with Crippen LogP contribution in [0.1, 0.15) is 22.3 Å². The van der Waals surface area contributed by atoms with Gasteiger partial charge in [0.05, 0.1) is 17.3 Å². The molecule has 13 nitrogen and oxygen atoms in total. The topological polar surface area (TPSA) is 203 Å². The number of likely N-dealkylation sites (N-methyl/N-ethyl adjacent to an activating group) is 1. The van der Waals surface area contributed by atoms with Crippen molar-refractivity contribution in [2.75, 3.05) is 38.4 Å². The maximum Gasteiger partial charge on any atom is 0.417 e. The van der Waals surface area contributed by atoms with Gasteiger partial charge in [0.15, 0.2) is 17.1 Å². The lowest BCUT2D eigenvalue weighted by Gasteiger charge is -2.50. The Morgan fingerprint density at radius 2 is 1.72 bits per heavy atom. The molecule has 0 saturated heterocycles. The number of nitrogens with one attached hydrogen (secondary N) is 1. The molecule has 0 unspecified atom stereocenters. The maximum absolute atomic E-state index is 14.1. The number of ether oxygens (including phenoxy) is 1. The highest BCUT2D eigenvalue weighted by atomic mass is 16.6. The fourth-order valence-electron chi connectivity index (χ4n) is 6.52. The molecular weight excluding hydrogens is 560 g/mol. The van der Waals surface area contributed by atoms with Gasteiger partial charge in [0, 0.05) is 31.3 Å². The van der Waals surface area contributed by atoms with Crippen molar-refractivity contribution in [3.05, 3.63) is 70.2 Å². The monoisotopic (exact) mass is 592 g/mol. The van der Waals surface area contributed by atoms with Crippen LogP contribution < -0.4 is 20.7 Å². The van der Waals surface area contributed by atoms with E-state index < -0.39 is 69.9 Å². The average molecular weight is 593 g/mol. The van der Waals surface area contributed by atoms with E-state index in [1.54, 1.807) is 63.4 Å². The van der Waals surface area contributed by atoms with Crippen LogP contribution in [0.4, 0.5) is 16.2 Å². The van der Waals surface area contributed by atoms with Crippen molar-refractivity contribution < 1.29 is 44.3 Å². The minimum Gasteiger partial charge on any atom is -0.510 e. The summed E-state index contributed by atoms with van der Waals surface area (Å²) in [5.74, 6) is -7.32. The van der Waals surface area contributed by atoms with E-state index in [9.17, 15) is 39.6 Å². The van der Waals surface area contributed by atoms with E-state index in [4.69, 9.17) is 10.5 Å². The fourth-order valence-corrected chi connectivity index (χ4v) is 6.52. The number of para-hydroxylation sites is 1. The third-order valence-electron chi connectivity index (χ3n) is 8.37. The van der Waals surface area contributed by atoms with Gasteiger partial charge in [-0.2, -0.15) is 0 Å². The minimum absolute atomic E-state index is 0.0389. The van der Waals surface area contributed by atoms with Gasteiger partial charge in [0.2, 0.25) is 5.78 Å². The molecule has 0 spiro atoms. The maximum atomic E-state index is 14.1. The molecule has 7 N–H and O–H groups in total. The number of nitrogens with two attached hydrogens (primary N) is 1. The number of ketones is 2. The lowest BCUT2D eigenvalue weighted by atomic mass is 9.58. The van der Waals surface area contributed by atoms with Crippen molar-refractivity contribution in [3.63, 3.8) is 0 Å². The van der Waals surface area contributed by atoms with Gasteiger partial charge >= 0.3 is 6.09 Å². The smallest absolute Gasteiger partial charge is 0.417 e. The van der Waals surface area contributed by atoms with E-state index in [1.165, 1.54) is 11.0 Å². The number of allylic oxidation sites excluding steroid dienone is 1. The Bertz CT molecular complexity index is 1630. The second-order valence-corrected chi connectivity index (χ2v) is 11.3. The summed E-state index contributed by atoms with van der Waals surface area (Å²) < 4.78 is 5.25. The first kappa shape index (κ1) is 29.6. The quantitative estimate of drug-likeness (QED) is 0.218. The molecule has 0 fully saturated rings. The first-order chi connectivity index (χ1) is 20.2. The Hall–Kier alpha value is -4.88. The number of amides is 2. The normalized spacial score (nSPS) is 24.7. The van der Waals surface area contributed by atoms with Crippen molar-refractivity contribution in [1.29, 1.82) is 0 Å². The highest BCUT2D eigenvalue weighted by Gasteiger charge is 2.63. The number of hydrogen-bond acceptors (Lipinski definition) is 11. The summed E-state index contributed by atoms with van der Waals surface area (Å²) in [6.45, 7) is 0. The molecule has 43 heavy (non-hydrogen) atoms. The summed E-state index contributed by atoms with van der Waals surface area (Å²) in [4.78, 5) is 55.5. The lowest BCUT2D eigenvalue weighted by molar-refractivity contribution is -0.148. The van der Waals surface area contributed by atoms with E-state index in [-0.39, 0.29) is 35.4 Å². The molecule has 0 bridgehead atoms. The van der Waals surface area contributed by atoms with Crippen LogP contribution in [0.3, 0.4) is 0 Å². The molecule has 0 aliphatic heterocycles. The minimum atomic E-state index is -2.75. The summed E-state index contributed by atoms with van der Waals surface area (Å²) in [6.07, 6.45) is -0.870. The fraction of sp³-hybridized carbons (Fsp3) is 0.333. The number of phenolic OH excluding ortho intramolecular Hbond substituents is 1. The molecule has 13 heteroatoms. The molecule has 0 aromatic heterocycles. The van der Waals surface area contributed by atoms with Crippen molar-refractivity contribution in [3.8, 4) is 11.5 Å². The van der Waals surface area contributed by atoms with Crippen LogP contribution in [0.15, 0.2) is 59.1 Å². The Kier molecular flexibility index (Phi) is 7.19. The molecule has 0 saturated carbocycles. The molecule has 4 atom stereocenters. The highest BCUT2D eigenvalue weighted by molar-refractivity contribution is 6.25. The summed E-state index contributed by atoms with van der Waals surface area (Å²) in [7, 11) is 6.54. The van der Waals surface area contributed by atoms with Crippen LogP contribution in [0.2, 0.25) is 0 Å². The molecule has 2 amide bonds. The van der Waals surface area contributed by atoms with Gasteiger partial charge in [0.25, 0.3) is 5.91 Å². The first-order valence-electron chi connectivity index (χ1n) is 13.4. The van der Waals surface area contributed by atoms with E-state index in [2.05, 4.69) is 5.32 Å². The van der Waals surface area contributed by atoms with Gasteiger partial charge in [-0.25, -0.2) is 4.79 Å². The van der Waals surface area contributed by atoms with Crippen LogP contribution in [0.5, 0.6) is 11.5 Å². The van der Waals surface area contributed by atoms with Crippen LogP contribution in [-0.2, 0) is 16.0 Å². The number of fused-ring (bicyclic) bond motifs is 3.